The van der Waals surface area contributed by atoms with E-state index in [-0.39, 0.29) is 25.4 Å². The molecule has 2 aromatic rings. The van der Waals surface area contributed by atoms with E-state index >= 15 is 0 Å². The molecule has 0 saturated carbocycles. The van der Waals surface area contributed by atoms with Gasteiger partial charge in [0, 0.05) is 128 Å². The van der Waals surface area contributed by atoms with Crippen molar-refractivity contribution in [2.24, 2.45) is 11.8 Å². The lowest BCUT2D eigenvalue weighted by Crippen LogP contribution is -2.61. The van der Waals surface area contributed by atoms with Gasteiger partial charge in [-0.2, -0.15) is 0 Å². The van der Waals surface area contributed by atoms with Gasteiger partial charge in [0.25, 0.3) is 0 Å². The molecule has 19 nitrogen and oxygen atoms in total. The Morgan fingerprint density at radius 3 is 1.62 bits per heavy atom. The molecule has 0 bridgehead atoms. The number of carbonyl (C=O) groups is 4. The Morgan fingerprint density at radius 1 is 0.570 bits per heavy atom. The summed E-state index contributed by atoms with van der Waals surface area (Å²) < 4.78 is 54.6. The summed E-state index contributed by atoms with van der Waals surface area (Å²) >= 11 is 26.2. The van der Waals surface area contributed by atoms with Crippen LogP contribution in [-0.4, -0.2) is 212 Å². The van der Waals surface area contributed by atoms with Crippen LogP contribution < -0.4 is 15.4 Å². The van der Waals surface area contributed by atoms with E-state index in [1.807, 2.05) is 53.7 Å². The number of rotatable bonds is 27. The molecule has 6 aliphatic heterocycles. The van der Waals surface area contributed by atoms with Crippen LogP contribution in [0.25, 0.3) is 0 Å². The van der Waals surface area contributed by atoms with Crippen LogP contribution in [0, 0.1) is 11.8 Å². The van der Waals surface area contributed by atoms with Gasteiger partial charge in [-0.15, -0.1) is 11.8 Å². The largest absolute Gasteiger partial charge is 0.494 e. The zero-order chi connectivity index (χ0) is 61.3. The molecule has 24 heteroatoms. The smallest absolute Gasteiger partial charge is 0.336 e. The number of hydrogen-bond donors (Lipinski definition) is 2. The van der Waals surface area contributed by atoms with Crippen LogP contribution in [0.2, 0.25) is 20.1 Å². The minimum Gasteiger partial charge on any atom is -0.494 e. The monoisotopic (exact) mass is 1290 g/mol. The van der Waals surface area contributed by atoms with E-state index in [2.05, 4.69) is 30.2 Å². The fourth-order valence-corrected chi connectivity index (χ4v) is 13.9. The Kier molecular flexibility index (Phi) is 26.5. The molecule has 2 aromatic carbocycles. The first kappa shape index (κ1) is 67.8. The summed E-state index contributed by atoms with van der Waals surface area (Å²) in [4.78, 5) is 66.7. The number of unbranched alkanes of at least 4 members (excludes halogenated alkanes) is 2. The number of morpholine rings is 4. The third kappa shape index (κ3) is 19.4. The van der Waals surface area contributed by atoms with E-state index in [9.17, 15) is 19.2 Å². The molecule has 86 heavy (non-hydrogen) atoms. The molecule has 0 aliphatic carbocycles. The molecule has 4 fully saturated rings. The molecular weight excluding hydrogens is 1210 g/mol. The molecule has 6 heterocycles. The van der Waals surface area contributed by atoms with Gasteiger partial charge in [0.1, 0.15) is 18.0 Å². The number of halogens is 4. The van der Waals surface area contributed by atoms with E-state index in [1.165, 1.54) is 0 Å². The van der Waals surface area contributed by atoms with Crippen molar-refractivity contribution in [3.8, 4) is 5.75 Å². The fourth-order valence-electron chi connectivity index (χ4n) is 11.9. The van der Waals surface area contributed by atoms with Crippen molar-refractivity contribution in [3.63, 3.8) is 0 Å². The first-order valence-corrected chi connectivity index (χ1v) is 32.5. The molecule has 6 unspecified atom stereocenters. The molecule has 6 aliphatic rings. The van der Waals surface area contributed by atoms with Gasteiger partial charge in [0.2, 0.25) is 0 Å². The zero-order valence-electron chi connectivity index (χ0n) is 50.3. The third-order valence-electron chi connectivity index (χ3n) is 16.3. The maximum absolute atomic E-state index is 14.6. The number of hydrogen-bond acceptors (Lipinski definition) is 20. The lowest BCUT2D eigenvalue weighted by molar-refractivity contribution is -0.154. The van der Waals surface area contributed by atoms with Crippen LogP contribution in [0.15, 0.2) is 86.4 Å². The number of dihydropyridines is 2. The molecule has 6 atom stereocenters. The third-order valence-corrected chi connectivity index (χ3v) is 18.5. The highest BCUT2D eigenvalue weighted by molar-refractivity contribution is 7.99. The zero-order valence-corrected chi connectivity index (χ0v) is 54.2. The maximum atomic E-state index is 14.6. The number of benzene rings is 2. The fraction of sp³-hybridized carbons (Fsp3) is 0.613. The van der Waals surface area contributed by atoms with E-state index in [0.29, 0.717) is 215 Å². The van der Waals surface area contributed by atoms with Crippen molar-refractivity contribution in [2.75, 3.05) is 144 Å². The number of nitrogens with one attached hydrogen (secondary N) is 2. The maximum Gasteiger partial charge on any atom is 0.336 e. The van der Waals surface area contributed by atoms with Crippen LogP contribution in [0.1, 0.15) is 67.2 Å². The Morgan fingerprint density at radius 2 is 1.06 bits per heavy atom. The Hall–Kier alpha value is -4.13. The number of nitrogens with zero attached hydrogens (tertiary/aromatic N) is 4. The molecule has 474 valence electrons. The highest BCUT2D eigenvalue weighted by Crippen LogP contribution is 2.35. The quantitative estimate of drug-likeness (QED) is 0.0374. The summed E-state index contributed by atoms with van der Waals surface area (Å²) in [5, 5.41) is 8.57. The topological polar surface area (TPSA) is 188 Å². The number of carbonyl (C=O) groups excluding carboxylic acids is 4. The minimum absolute atomic E-state index is 0.171. The number of esters is 4. The lowest BCUT2D eigenvalue weighted by atomic mass is 9.87. The second-order valence-electron chi connectivity index (χ2n) is 22.6. The van der Waals surface area contributed by atoms with Crippen LogP contribution in [-0.2, 0) is 57.1 Å². The molecule has 0 aromatic heterocycles. The summed E-state index contributed by atoms with van der Waals surface area (Å²) in [6.45, 7) is 21.8. The molecule has 2 N–H and O–H groups in total. The second kappa shape index (κ2) is 33.6. The van der Waals surface area contributed by atoms with Crippen molar-refractivity contribution < 1.29 is 61.8 Å². The molecule has 0 radical (unpaired) electrons. The summed E-state index contributed by atoms with van der Waals surface area (Å²) in [5.74, 6) is -1.75. The van der Waals surface area contributed by atoms with Crippen molar-refractivity contribution in [3.05, 3.63) is 102 Å². The van der Waals surface area contributed by atoms with E-state index < -0.39 is 47.9 Å². The van der Waals surface area contributed by atoms with Crippen LogP contribution in [0.3, 0.4) is 0 Å². The standard InChI is InChI=1S/C62H84Cl4N6O13S/c1-39-56(60(74)83-21-9-10-28-86-50-30-45(63)29-46(64)31-50)42(4)67-43(5)57(39)61(75)84-48(33-69-13-22-77-23-14-69)35-71-17-27-81-54(37-71)53-38-79-26-18-72(53)36-49(34-70-15-24-78-25-16-70)85-62(76)58-40(2)55(41(3)68-44(58)6)59(73)82-20-8-7-19-80-47-11-12-51(65)52(66)32-47/h11-12,29-32,39-40,48-49,53-54,67-68H,7-10,13-28,33-38H2,1-6H3. The average Bonchev–Trinajstić information content (AvgIpc) is 2.31. The lowest BCUT2D eigenvalue weighted by Gasteiger charge is -2.45. The summed E-state index contributed by atoms with van der Waals surface area (Å²) in [5.41, 5.74) is 4.02. The van der Waals surface area contributed by atoms with Gasteiger partial charge in [-0.25, -0.2) is 19.2 Å². The number of ether oxygens (including phenoxy) is 9. The summed E-state index contributed by atoms with van der Waals surface area (Å²) in [7, 11) is 0. The summed E-state index contributed by atoms with van der Waals surface area (Å²) in [6.07, 6.45) is 1.28. The van der Waals surface area contributed by atoms with Gasteiger partial charge in [-0.1, -0.05) is 60.3 Å². The molecular formula is C62H84Cl4N6O13S. The van der Waals surface area contributed by atoms with E-state index in [4.69, 9.17) is 89.0 Å². The van der Waals surface area contributed by atoms with Crippen LogP contribution in [0.4, 0.5) is 0 Å². The predicted molar refractivity (Wildman–Crippen MR) is 332 cm³/mol. The Balaban J connectivity index is 0.875. The number of allylic oxidation sites excluding steroid dienone is 4. The van der Waals surface area contributed by atoms with Crippen molar-refractivity contribution in [2.45, 2.75) is 96.5 Å². The molecule has 0 spiro atoms. The van der Waals surface area contributed by atoms with Gasteiger partial charge >= 0.3 is 23.9 Å². The van der Waals surface area contributed by atoms with Crippen molar-refractivity contribution in [1.82, 2.24) is 30.2 Å². The van der Waals surface area contributed by atoms with Gasteiger partial charge in [-0.3, -0.25) is 19.6 Å². The van der Waals surface area contributed by atoms with Crippen LogP contribution >= 0.6 is 58.2 Å². The Bertz CT molecular complexity index is 2790. The minimum atomic E-state index is -0.604. The summed E-state index contributed by atoms with van der Waals surface area (Å²) in [6, 6.07) is 10.4. The molecule has 0 amide bonds. The van der Waals surface area contributed by atoms with Gasteiger partial charge in [0.05, 0.1) is 111 Å². The molecule has 8 rings (SSSR count). The normalized spacial score (nSPS) is 22.9. The highest BCUT2D eigenvalue weighted by Gasteiger charge is 2.41. The second-order valence-corrected chi connectivity index (χ2v) is 25.5. The van der Waals surface area contributed by atoms with Crippen molar-refractivity contribution >= 4 is 82.0 Å². The predicted octanol–water partition coefficient (Wildman–Crippen LogP) is 8.58. The SMILES string of the molecule is CC1=C(C(=O)OCCCCSc2cc(Cl)cc(Cl)c2)C(C)C(C(=O)OC(CN2CCOCC2)CN2CCOC(C3COCCN3CC(CN3CCOCC3)OC(=O)C3=C(C)NC(C)=C(C(=O)OCCCCOc4ccc(Cl)c(Cl)c4)C3C)C2)=C(C)N1. The van der Waals surface area contributed by atoms with E-state index in [0.717, 1.165) is 17.1 Å². The molecule has 4 saturated heterocycles. The van der Waals surface area contributed by atoms with Gasteiger partial charge < -0.3 is 53.3 Å². The first-order valence-electron chi connectivity index (χ1n) is 30.0. The van der Waals surface area contributed by atoms with Crippen molar-refractivity contribution in [1.29, 1.82) is 0 Å². The average molecular weight is 1300 g/mol. The first-order chi connectivity index (χ1) is 41.4. The van der Waals surface area contributed by atoms with Gasteiger partial charge in [0.15, 0.2) is 0 Å². The number of thioether (sulfide) groups is 1. The Labute approximate surface area is 530 Å². The highest BCUT2D eigenvalue weighted by atomic mass is 35.5. The van der Waals surface area contributed by atoms with Gasteiger partial charge in [-0.05, 0) is 89.5 Å². The van der Waals surface area contributed by atoms with E-state index in [1.54, 1.807) is 36.0 Å². The van der Waals surface area contributed by atoms with Crippen LogP contribution in [0.5, 0.6) is 5.75 Å².